The number of carbonyl (C=O) groups excluding carboxylic acids is 1. The van der Waals surface area contributed by atoms with Crippen LogP contribution in [-0.2, 0) is 0 Å². The molecule has 0 amide bonds. The molecule has 2 heterocycles. The second-order valence-electron chi connectivity index (χ2n) is 5.83. The Morgan fingerprint density at radius 1 is 1.18 bits per heavy atom. The van der Waals surface area contributed by atoms with Gasteiger partial charge in [0.1, 0.15) is 16.2 Å². The van der Waals surface area contributed by atoms with E-state index < -0.39 is 10.9 Å². The molecule has 140 valence electrons. The molecule has 28 heavy (non-hydrogen) atoms. The maximum Gasteiger partial charge on any atom is 0.353 e. The quantitative estimate of drug-likeness (QED) is 0.306. The van der Waals surface area contributed by atoms with Crippen molar-refractivity contribution >= 4 is 40.1 Å². The average molecular weight is 394 g/mol. The Kier molecular flexibility index (Phi) is 4.46. The van der Waals surface area contributed by atoms with Crippen LogP contribution in [0.25, 0.3) is 17.0 Å². The molecule has 0 saturated carbocycles. The number of furan rings is 1. The first kappa shape index (κ1) is 17.6. The summed E-state index contributed by atoms with van der Waals surface area (Å²) >= 11 is 1.28. The highest BCUT2D eigenvalue weighted by Crippen LogP contribution is 2.36. The van der Waals surface area contributed by atoms with E-state index in [0.717, 1.165) is 0 Å². The van der Waals surface area contributed by atoms with E-state index in [4.69, 9.17) is 9.15 Å². The summed E-state index contributed by atoms with van der Waals surface area (Å²) < 4.78 is 11.0. The number of fused-ring (bicyclic) bond motifs is 1. The second kappa shape index (κ2) is 7.09. The molecule has 0 bridgehead atoms. The van der Waals surface area contributed by atoms with Crippen LogP contribution in [0.1, 0.15) is 15.4 Å². The van der Waals surface area contributed by atoms with Crippen molar-refractivity contribution in [1.82, 2.24) is 0 Å². The maximum atomic E-state index is 12.1. The van der Waals surface area contributed by atoms with Crippen molar-refractivity contribution < 1.29 is 24.0 Å². The number of nitrogens with zero attached hydrogens (tertiary/aromatic N) is 1. The molecule has 0 saturated heterocycles. The van der Waals surface area contributed by atoms with Gasteiger partial charge in [0.2, 0.25) is 5.71 Å². The van der Waals surface area contributed by atoms with E-state index in [1.54, 1.807) is 47.9 Å². The summed E-state index contributed by atoms with van der Waals surface area (Å²) in [5, 5.41) is 34.1. The Morgan fingerprint density at radius 2 is 1.96 bits per heavy atom. The number of hydrogen-bond donors (Lipinski definition) is 1. The predicted molar refractivity (Wildman–Crippen MR) is 105 cm³/mol. The fraction of sp³-hybridized carbons (Fsp3) is 0. The largest absolute Gasteiger partial charge is 0.612 e. The van der Waals surface area contributed by atoms with Crippen LogP contribution in [0.2, 0.25) is 0 Å². The lowest BCUT2D eigenvalue weighted by molar-refractivity contribution is -0.377. The Labute approximate surface area is 162 Å². The summed E-state index contributed by atoms with van der Waals surface area (Å²) in [5.41, 5.74) is 0.953. The van der Waals surface area contributed by atoms with E-state index in [2.05, 4.69) is 0 Å². The fourth-order valence-corrected chi connectivity index (χ4v) is 3.24. The minimum Gasteiger partial charge on any atom is -0.612 e. The summed E-state index contributed by atoms with van der Waals surface area (Å²) in [6.45, 7) is 0. The summed E-state index contributed by atoms with van der Waals surface area (Å²) in [6.07, 6.45) is 7.41. The van der Waals surface area contributed by atoms with Gasteiger partial charge in [0.05, 0.1) is 5.39 Å². The lowest BCUT2D eigenvalue weighted by Gasteiger charge is -2.07. The monoisotopic (exact) mass is 394 g/mol. The van der Waals surface area contributed by atoms with Gasteiger partial charge in [-0.05, 0) is 47.4 Å². The molecule has 1 N–H and O–H groups in total. The summed E-state index contributed by atoms with van der Waals surface area (Å²) in [6, 6.07) is 8.11. The molecule has 4 rings (SSSR count). The van der Waals surface area contributed by atoms with Crippen LogP contribution < -0.4 is 4.74 Å². The van der Waals surface area contributed by atoms with Gasteiger partial charge in [-0.2, -0.15) is 4.90 Å². The van der Waals surface area contributed by atoms with Gasteiger partial charge >= 0.3 is 5.97 Å². The number of thiophene rings is 1. The Bertz CT molecular complexity index is 1160. The van der Waals surface area contributed by atoms with Crippen molar-refractivity contribution in [1.29, 1.82) is 0 Å². The van der Waals surface area contributed by atoms with Crippen LogP contribution in [0.4, 0.5) is 0 Å². The first-order valence-corrected chi connectivity index (χ1v) is 8.99. The number of aromatic hydroxyl groups is 1. The fourth-order valence-electron chi connectivity index (χ4n) is 2.64. The van der Waals surface area contributed by atoms with E-state index in [1.807, 2.05) is 0 Å². The smallest absolute Gasteiger partial charge is 0.353 e. The Morgan fingerprint density at radius 3 is 2.64 bits per heavy atom. The molecule has 1 aromatic carbocycles. The molecular formula is C20H12NO6S-. The number of carbonyl (C=O) groups is 1. The van der Waals surface area contributed by atoms with Gasteiger partial charge in [0, 0.05) is 18.2 Å². The van der Waals surface area contributed by atoms with Gasteiger partial charge < -0.3 is 24.7 Å². The van der Waals surface area contributed by atoms with Gasteiger partial charge in [-0.1, -0.05) is 6.07 Å². The highest BCUT2D eigenvalue weighted by atomic mass is 32.1. The van der Waals surface area contributed by atoms with Gasteiger partial charge in [-0.3, -0.25) is 0 Å². The van der Waals surface area contributed by atoms with Crippen molar-refractivity contribution in [2.45, 2.75) is 0 Å². The van der Waals surface area contributed by atoms with E-state index >= 15 is 0 Å². The lowest BCUT2D eigenvalue weighted by Crippen LogP contribution is -2.06. The van der Waals surface area contributed by atoms with Crippen LogP contribution in [0, 0.1) is 10.4 Å². The maximum absolute atomic E-state index is 12.1. The molecule has 8 heteroatoms. The molecule has 0 unspecified atom stereocenters. The van der Waals surface area contributed by atoms with Gasteiger partial charge in [0.25, 0.3) is 0 Å². The predicted octanol–water partition coefficient (Wildman–Crippen LogP) is 4.38. The highest BCUT2D eigenvalue weighted by molar-refractivity contribution is 7.12. The molecule has 1 aliphatic carbocycles. The number of hydrogen-bond acceptors (Lipinski definition) is 7. The van der Waals surface area contributed by atoms with Crippen molar-refractivity contribution in [3.05, 3.63) is 86.6 Å². The highest BCUT2D eigenvalue weighted by Gasteiger charge is 2.15. The van der Waals surface area contributed by atoms with Crippen molar-refractivity contribution in [3.8, 4) is 11.5 Å². The third-order valence-corrected chi connectivity index (χ3v) is 4.85. The van der Waals surface area contributed by atoms with Gasteiger partial charge in [0.15, 0.2) is 11.5 Å². The molecule has 0 aliphatic heterocycles. The van der Waals surface area contributed by atoms with E-state index in [-0.39, 0.29) is 17.2 Å². The van der Waals surface area contributed by atoms with E-state index in [9.17, 15) is 20.3 Å². The van der Waals surface area contributed by atoms with Gasteiger partial charge in [-0.15, -0.1) is 11.3 Å². The number of esters is 1. The van der Waals surface area contributed by atoms with Crippen LogP contribution in [0.3, 0.4) is 0 Å². The van der Waals surface area contributed by atoms with Crippen LogP contribution in [0.5, 0.6) is 11.5 Å². The SMILES string of the molecule is O=C(Oc1ccc2c(O)c(C=C3C=CC(=[N+]([O-])[O-])C=C3)oc2c1)c1cccs1. The third kappa shape index (κ3) is 3.40. The van der Waals surface area contributed by atoms with E-state index in [1.165, 1.54) is 29.6 Å². The normalized spacial score (nSPS) is 13.1. The molecule has 0 spiro atoms. The van der Waals surface area contributed by atoms with Crippen LogP contribution >= 0.6 is 11.3 Å². The van der Waals surface area contributed by atoms with Crippen LogP contribution in [0.15, 0.2) is 70.0 Å². The second-order valence-corrected chi connectivity index (χ2v) is 6.78. The summed E-state index contributed by atoms with van der Waals surface area (Å²) in [4.78, 5) is 12.1. The van der Waals surface area contributed by atoms with E-state index in [0.29, 0.717) is 27.2 Å². The Hall–Kier alpha value is -3.78. The molecule has 2 aromatic heterocycles. The zero-order valence-electron chi connectivity index (χ0n) is 14.2. The number of allylic oxidation sites excluding steroid dienone is 5. The minimum absolute atomic E-state index is 0.0248. The van der Waals surface area contributed by atoms with Crippen molar-refractivity contribution in [2.24, 2.45) is 0 Å². The number of rotatable bonds is 3. The molecular weight excluding hydrogens is 382 g/mol. The zero-order chi connectivity index (χ0) is 19.7. The molecule has 3 aromatic rings. The lowest BCUT2D eigenvalue weighted by atomic mass is 10.1. The standard InChI is InChI=1S/C20H12NO6S/c22-19-15-8-7-14(26-20(23)18-2-1-9-28-18)11-16(15)27-17(19)10-12-3-5-13(6-4-12)21(24)25/h1-11H,(H-,22,24,25)/q-1. The minimum atomic E-state index is -0.485. The molecule has 0 radical (unpaired) electrons. The summed E-state index contributed by atoms with van der Waals surface area (Å²) in [5.74, 6) is -0.0422. The first-order chi connectivity index (χ1) is 13.5. The molecule has 1 aliphatic rings. The molecule has 7 nitrogen and oxygen atoms in total. The van der Waals surface area contributed by atoms with Crippen molar-refractivity contribution in [2.75, 3.05) is 0 Å². The molecule has 0 fully saturated rings. The van der Waals surface area contributed by atoms with Crippen LogP contribution in [-0.4, -0.2) is 21.7 Å². The molecule has 0 atom stereocenters. The van der Waals surface area contributed by atoms with Crippen molar-refractivity contribution in [3.63, 3.8) is 0 Å². The topological polar surface area (TPSA) is 109 Å². The third-order valence-electron chi connectivity index (χ3n) is 4.00. The average Bonchev–Trinajstić information content (AvgIpc) is 3.31. The number of ether oxygens (including phenoxy) is 1. The number of benzene rings is 1. The van der Waals surface area contributed by atoms with Gasteiger partial charge in [-0.25, -0.2) is 4.79 Å². The zero-order valence-corrected chi connectivity index (χ0v) is 15.0. The first-order valence-electron chi connectivity index (χ1n) is 8.11. The summed E-state index contributed by atoms with van der Waals surface area (Å²) in [7, 11) is 0. The Balaban J connectivity index is 1.61.